The van der Waals surface area contributed by atoms with Crippen molar-refractivity contribution in [2.45, 2.75) is 19.6 Å². The van der Waals surface area contributed by atoms with Crippen LogP contribution in [0.3, 0.4) is 0 Å². The van der Waals surface area contributed by atoms with Gasteiger partial charge >= 0.3 is 8.80 Å². The van der Waals surface area contributed by atoms with E-state index < -0.39 is 8.80 Å². The van der Waals surface area contributed by atoms with E-state index in [9.17, 15) is 0 Å². The van der Waals surface area contributed by atoms with Crippen molar-refractivity contribution in [1.82, 2.24) is 0 Å². The molecule has 0 saturated heterocycles. The van der Waals surface area contributed by atoms with Gasteiger partial charge in [0.25, 0.3) is 0 Å². The van der Waals surface area contributed by atoms with Crippen molar-refractivity contribution >= 4 is 8.80 Å². The molecule has 0 rings (SSSR count). The third-order valence-electron chi connectivity index (χ3n) is 1.47. The van der Waals surface area contributed by atoms with Gasteiger partial charge in [-0.15, -0.1) is 6.58 Å². The van der Waals surface area contributed by atoms with Crippen molar-refractivity contribution in [3.63, 3.8) is 0 Å². The molecular weight excluding hydrogens is 160 g/mol. The molecule has 1 atom stereocenters. The lowest BCUT2D eigenvalue weighted by molar-refractivity contribution is 0.0871. The van der Waals surface area contributed by atoms with Gasteiger partial charge in [-0.3, -0.25) is 0 Å². The molecule has 0 aromatic rings. The summed E-state index contributed by atoms with van der Waals surface area (Å²) in [5, 5.41) is 0. The second-order valence-electron chi connectivity index (χ2n) is 2.33. The van der Waals surface area contributed by atoms with Crippen molar-refractivity contribution in [1.29, 1.82) is 0 Å². The van der Waals surface area contributed by atoms with E-state index in [1.54, 1.807) is 20.3 Å². The summed E-state index contributed by atoms with van der Waals surface area (Å²) in [4.78, 5) is 0. The molecule has 0 aromatic heterocycles. The molecule has 66 valence electrons. The highest BCUT2D eigenvalue weighted by molar-refractivity contribution is 6.59. The van der Waals surface area contributed by atoms with Crippen LogP contribution in [0.5, 0.6) is 0 Å². The van der Waals surface area contributed by atoms with Crippen LogP contribution in [0.4, 0.5) is 0 Å². The molecule has 0 aliphatic rings. The Morgan fingerprint density at radius 2 is 1.82 bits per heavy atom. The Morgan fingerprint density at radius 1 is 1.36 bits per heavy atom. The molecule has 0 heterocycles. The number of hydrogen-bond acceptors (Lipinski definition) is 3. The van der Waals surface area contributed by atoms with E-state index in [1.165, 1.54) is 0 Å². The molecule has 4 heteroatoms. The highest BCUT2D eigenvalue weighted by atomic mass is 28.4. The second-order valence-corrected chi connectivity index (χ2v) is 5.11. The van der Waals surface area contributed by atoms with Crippen LogP contribution in [0.2, 0.25) is 6.55 Å². The molecule has 0 bridgehead atoms. The Balaban J connectivity index is 3.95. The Labute approximate surface area is 69.3 Å². The predicted molar refractivity (Wildman–Crippen MR) is 46.4 cm³/mol. The first-order valence-electron chi connectivity index (χ1n) is 3.48. The number of hydrogen-bond donors (Lipinski definition) is 0. The van der Waals surface area contributed by atoms with Crippen LogP contribution in [0, 0.1) is 0 Å². The average molecular weight is 176 g/mol. The van der Waals surface area contributed by atoms with Gasteiger partial charge in [0.2, 0.25) is 0 Å². The zero-order valence-electron chi connectivity index (χ0n) is 7.59. The Morgan fingerprint density at radius 3 is 2.09 bits per heavy atom. The van der Waals surface area contributed by atoms with E-state index in [0.29, 0.717) is 0 Å². The highest BCUT2D eigenvalue weighted by Crippen LogP contribution is 2.09. The summed E-state index contributed by atoms with van der Waals surface area (Å²) in [6, 6.07) is 0. The standard InChI is InChI=1S/C7H16O3Si/c1-6-7(2)10-11(5,8-3)9-4/h6-7H,1H2,2-5H3. The zero-order chi connectivity index (χ0) is 8.91. The average Bonchev–Trinajstić information content (AvgIpc) is 2.04. The maximum Gasteiger partial charge on any atom is 0.497 e. The predicted octanol–water partition coefficient (Wildman–Crippen LogP) is 1.44. The van der Waals surface area contributed by atoms with Gasteiger partial charge in [0, 0.05) is 20.8 Å². The lowest BCUT2D eigenvalue weighted by Crippen LogP contribution is -2.42. The third kappa shape index (κ3) is 3.67. The van der Waals surface area contributed by atoms with Crippen molar-refractivity contribution in [2.75, 3.05) is 14.2 Å². The highest BCUT2D eigenvalue weighted by Gasteiger charge is 2.33. The van der Waals surface area contributed by atoms with Gasteiger partial charge in [-0.2, -0.15) is 0 Å². The summed E-state index contributed by atoms with van der Waals surface area (Å²) in [7, 11) is 0.825. The molecule has 0 aliphatic heterocycles. The van der Waals surface area contributed by atoms with Crippen molar-refractivity contribution in [3.05, 3.63) is 12.7 Å². The van der Waals surface area contributed by atoms with E-state index in [0.717, 1.165) is 0 Å². The maximum absolute atomic E-state index is 5.46. The summed E-state index contributed by atoms with van der Waals surface area (Å²) in [6.07, 6.45) is 1.69. The molecule has 0 radical (unpaired) electrons. The van der Waals surface area contributed by atoms with E-state index in [2.05, 4.69) is 6.58 Å². The minimum atomic E-state index is -2.35. The molecule has 0 aromatic carbocycles. The smallest absolute Gasteiger partial charge is 0.377 e. The topological polar surface area (TPSA) is 27.7 Å². The Kier molecular flexibility index (Phi) is 4.59. The van der Waals surface area contributed by atoms with E-state index >= 15 is 0 Å². The molecule has 0 amide bonds. The van der Waals surface area contributed by atoms with Gasteiger partial charge in [-0.1, -0.05) is 6.08 Å². The molecule has 0 spiro atoms. The van der Waals surface area contributed by atoms with Crippen LogP contribution < -0.4 is 0 Å². The second kappa shape index (κ2) is 4.66. The SMILES string of the molecule is C=CC(C)O[Si](C)(OC)OC. The maximum atomic E-state index is 5.46. The van der Waals surface area contributed by atoms with Crippen LogP contribution in [0.25, 0.3) is 0 Å². The zero-order valence-corrected chi connectivity index (χ0v) is 8.59. The molecule has 0 saturated carbocycles. The normalized spacial score (nSPS) is 14.5. The van der Waals surface area contributed by atoms with Crippen LogP contribution in [0.1, 0.15) is 6.92 Å². The Hall–Kier alpha value is -0.163. The summed E-state index contributed by atoms with van der Waals surface area (Å²) in [5.74, 6) is 0. The molecule has 0 aliphatic carbocycles. The molecule has 11 heavy (non-hydrogen) atoms. The van der Waals surface area contributed by atoms with Crippen molar-refractivity contribution in [3.8, 4) is 0 Å². The van der Waals surface area contributed by atoms with Gasteiger partial charge in [0.15, 0.2) is 0 Å². The van der Waals surface area contributed by atoms with Gasteiger partial charge < -0.3 is 13.3 Å². The van der Waals surface area contributed by atoms with Crippen LogP contribution in [-0.2, 0) is 13.3 Å². The fourth-order valence-corrected chi connectivity index (χ4v) is 1.70. The molecule has 0 fully saturated rings. The minimum absolute atomic E-state index is 0.0217. The van der Waals surface area contributed by atoms with Crippen LogP contribution >= 0.6 is 0 Å². The van der Waals surface area contributed by atoms with Crippen molar-refractivity contribution in [2.24, 2.45) is 0 Å². The van der Waals surface area contributed by atoms with E-state index in [1.807, 2.05) is 13.5 Å². The molecule has 1 unspecified atom stereocenters. The molecular formula is C7H16O3Si. The first-order chi connectivity index (χ1) is 5.08. The Bertz CT molecular complexity index is 123. The van der Waals surface area contributed by atoms with Crippen LogP contribution in [0.15, 0.2) is 12.7 Å². The lowest BCUT2D eigenvalue weighted by atomic mass is 10.4. The van der Waals surface area contributed by atoms with Gasteiger partial charge in [0.05, 0.1) is 6.10 Å². The summed E-state index contributed by atoms with van der Waals surface area (Å²) in [5.41, 5.74) is 0. The fraction of sp³-hybridized carbons (Fsp3) is 0.714. The van der Waals surface area contributed by atoms with Gasteiger partial charge in [0.1, 0.15) is 0 Å². The fourth-order valence-electron chi connectivity index (χ4n) is 0.565. The first-order valence-corrected chi connectivity index (χ1v) is 5.71. The molecule has 0 N–H and O–H groups in total. The third-order valence-corrected chi connectivity index (χ3v) is 3.76. The quantitative estimate of drug-likeness (QED) is 0.468. The van der Waals surface area contributed by atoms with Gasteiger partial charge in [-0.25, -0.2) is 0 Å². The van der Waals surface area contributed by atoms with E-state index in [-0.39, 0.29) is 6.10 Å². The van der Waals surface area contributed by atoms with Crippen LogP contribution in [-0.4, -0.2) is 29.1 Å². The lowest BCUT2D eigenvalue weighted by Gasteiger charge is -2.24. The minimum Gasteiger partial charge on any atom is -0.377 e. The largest absolute Gasteiger partial charge is 0.497 e. The van der Waals surface area contributed by atoms with E-state index in [4.69, 9.17) is 13.3 Å². The molecule has 3 nitrogen and oxygen atoms in total. The van der Waals surface area contributed by atoms with Crippen molar-refractivity contribution < 1.29 is 13.3 Å². The van der Waals surface area contributed by atoms with Gasteiger partial charge in [-0.05, 0) is 6.92 Å². The monoisotopic (exact) mass is 176 g/mol. The summed E-state index contributed by atoms with van der Waals surface area (Å²) >= 11 is 0. The summed E-state index contributed by atoms with van der Waals surface area (Å²) < 4.78 is 15.7. The number of rotatable bonds is 5. The summed E-state index contributed by atoms with van der Waals surface area (Å²) in [6.45, 7) is 7.34. The first kappa shape index (κ1) is 10.8.